The number of carbonyl (C=O) groups is 2. The van der Waals surface area contributed by atoms with E-state index in [1.807, 2.05) is 29.2 Å². The van der Waals surface area contributed by atoms with Crippen LogP contribution in [-0.4, -0.2) is 48.8 Å². The van der Waals surface area contributed by atoms with Gasteiger partial charge in [0.1, 0.15) is 0 Å². The predicted octanol–water partition coefficient (Wildman–Crippen LogP) is 2.60. The Kier molecular flexibility index (Phi) is 4.37. The van der Waals surface area contributed by atoms with Crippen LogP contribution in [0, 0.1) is 11.3 Å². The lowest BCUT2D eigenvalue weighted by Gasteiger charge is -2.24. The fourth-order valence-corrected chi connectivity index (χ4v) is 3.71. The maximum absolute atomic E-state index is 12.9. The van der Waals surface area contributed by atoms with Crippen molar-refractivity contribution in [2.75, 3.05) is 27.2 Å². The van der Waals surface area contributed by atoms with Crippen LogP contribution >= 0.6 is 11.6 Å². The molecule has 1 saturated carbocycles. The largest absolute Gasteiger partial charge is 0.349 e. The van der Waals surface area contributed by atoms with E-state index < -0.39 is 0 Å². The van der Waals surface area contributed by atoms with Gasteiger partial charge >= 0.3 is 0 Å². The first-order valence-electron chi connectivity index (χ1n) is 8.16. The molecule has 1 aliphatic heterocycles. The zero-order chi connectivity index (χ0) is 16.6. The summed E-state index contributed by atoms with van der Waals surface area (Å²) in [5.41, 5.74) is 0.851. The monoisotopic (exact) mass is 334 g/mol. The van der Waals surface area contributed by atoms with Crippen LogP contribution in [-0.2, 0) is 16.0 Å². The molecule has 2 amide bonds. The van der Waals surface area contributed by atoms with Gasteiger partial charge in [-0.05, 0) is 43.4 Å². The minimum atomic E-state index is -0.263. The highest BCUT2D eigenvalue weighted by Crippen LogP contribution is 2.50. The van der Waals surface area contributed by atoms with E-state index in [0.29, 0.717) is 18.1 Å². The highest BCUT2D eigenvalue weighted by molar-refractivity contribution is 6.30. The molecule has 4 nitrogen and oxygen atoms in total. The van der Waals surface area contributed by atoms with Crippen molar-refractivity contribution < 1.29 is 9.59 Å². The average molecular weight is 335 g/mol. The van der Waals surface area contributed by atoms with E-state index in [4.69, 9.17) is 11.6 Å². The fourth-order valence-electron chi connectivity index (χ4n) is 3.50. The van der Waals surface area contributed by atoms with Gasteiger partial charge in [0, 0.05) is 32.2 Å². The number of amides is 2. The van der Waals surface area contributed by atoms with Gasteiger partial charge in [-0.25, -0.2) is 0 Å². The summed E-state index contributed by atoms with van der Waals surface area (Å²) in [6.07, 6.45) is 3.38. The van der Waals surface area contributed by atoms with Gasteiger partial charge < -0.3 is 9.80 Å². The van der Waals surface area contributed by atoms with Crippen molar-refractivity contribution in [1.29, 1.82) is 0 Å². The van der Waals surface area contributed by atoms with Gasteiger partial charge in [-0.3, -0.25) is 9.59 Å². The van der Waals surface area contributed by atoms with Crippen molar-refractivity contribution in [3.05, 3.63) is 34.9 Å². The summed E-state index contributed by atoms with van der Waals surface area (Å²) in [6, 6.07) is 7.75. The van der Waals surface area contributed by atoms with Crippen molar-refractivity contribution in [2.45, 2.75) is 25.7 Å². The van der Waals surface area contributed by atoms with Crippen molar-refractivity contribution in [3.8, 4) is 0 Å². The quantitative estimate of drug-likeness (QED) is 0.849. The minimum absolute atomic E-state index is 0.0454. The van der Waals surface area contributed by atoms with Crippen molar-refractivity contribution in [2.24, 2.45) is 11.3 Å². The first-order chi connectivity index (χ1) is 10.9. The highest BCUT2D eigenvalue weighted by Gasteiger charge is 2.52. The average Bonchev–Trinajstić information content (AvgIpc) is 3.12. The first kappa shape index (κ1) is 16.3. The van der Waals surface area contributed by atoms with Gasteiger partial charge in [-0.15, -0.1) is 0 Å². The maximum Gasteiger partial charge on any atom is 0.229 e. The van der Waals surface area contributed by atoms with E-state index in [9.17, 15) is 9.59 Å². The number of carbonyl (C=O) groups excluding carboxylic acids is 2. The van der Waals surface area contributed by atoms with Gasteiger partial charge in [-0.2, -0.15) is 0 Å². The van der Waals surface area contributed by atoms with Crippen LogP contribution in [0.25, 0.3) is 0 Å². The Labute approximate surface area is 142 Å². The van der Waals surface area contributed by atoms with E-state index in [-0.39, 0.29) is 23.1 Å². The molecular formula is C18H23ClN2O2. The van der Waals surface area contributed by atoms with E-state index in [1.54, 1.807) is 19.0 Å². The number of benzene rings is 1. The topological polar surface area (TPSA) is 40.6 Å². The smallest absolute Gasteiger partial charge is 0.229 e. The lowest BCUT2D eigenvalue weighted by molar-refractivity contribution is -0.137. The Hall–Kier alpha value is -1.55. The van der Waals surface area contributed by atoms with Gasteiger partial charge in [0.2, 0.25) is 11.8 Å². The molecular weight excluding hydrogens is 312 g/mol. The lowest BCUT2D eigenvalue weighted by atomic mass is 9.95. The normalized spacial score (nSPS) is 22.0. The third kappa shape index (κ3) is 3.37. The van der Waals surface area contributed by atoms with Crippen molar-refractivity contribution in [3.63, 3.8) is 0 Å². The molecule has 1 atom stereocenters. The molecule has 23 heavy (non-hydrogen) atoms. The molecule has 1 unspecified atom stereocenters. The van der Waals surface area contributed by atoms with Gasteiger partial charge in [0.15, 0.2) is 0 Å². The number of rotatable bonds is 4. The van der Waals surface area contributed by atoms with Gasteiger partial charge in [-0.1, -0.05) is 23.7 Å². The molecule has 1 saturated heterocycles. The molecule has 1 heterocycles. The second-order valence-corrected chi connectivity index (χ2v) is 7.49. The molecule has 2 aliphatic rings. The third-order valence-corrected chi connectivity index (χ3v) is 5.24. The molecule has 0 radical (unpaired) electrons. The Morgan fingerprint density at radius 3 is 2.70 bits per heavy atom. The Bertz CT molecular complexity index is 625. The fraction of sp³-hybridized carbons (Fsp3) is 0.556. The minimum Gasteiger partial charge on any atom is -0.349 e. The zero-order valence-corrected chi connectivity index (χ0v) is 14.5. The highest BCUT2D eigenvalue weighted by atomic mass is 35.5. The number of halogens is 1. The van der Waals surface area contributed by atoms with E-state index >= 15 is 0 Å². The molecule has 0 aromatic heterocycles. The van der Waals surface area contributed by atoms with Gasteiger partial charge in [0.25, 0.3) is 0 Å². The van der Waals surface area contributed by atoms with Crippen LogP contribution in [0.5, 0.6) is 0 Å². The molecule has 1 aliphatic carbocycles. The summed E-state index contributed by atoms with van der Waals surface area (Å²) in [7, 11) is 3.54. The summed E-state index contributed by atoms with van der Waals surface area (Å²) in [4.78, 5) is 28.5. The van der Waals surface area contributed by atoms with Crippen LogP contribution in [0.4, 0.5) is 0 Å². The second kappa shape index (κ2) is 6.16. The van der Waals surface area contributed by atoms with Crippen LogP contribution < -0.4 is 0 Å². The molecule has 0 spiro atoms. The molecule has 1 aromatic carbocycles. The third-order valence-electron chi connectivity index (χ3n) is 5.00. The predicted molar refractivity (Wildman–Crippen MR) is 90.2 cm³/mol. The SMILES string of the molecule is CN(C)C(=O)C1CCN(C(=O)C2(Cc3cccc(Cl)c3)CC2)C1. The lowest BCUT2D eigenvalue weighted by Crippen LogP contribution is -2.38. The molecule has 1 aromatic rings. The van der Waals surface area contributed by atoms with E-state index in [1.165, 1.54) is 0 Å². The van der Waals surface area contributed by atoms with Crippen LogP contribution in [0.1, 0.15) is 24.8 Å². The molecule has 5 heteroatoms. The summed E-state index contributed by atoms with van der Waals surface area (Å²) >= 11 is 6.05. The summed E-state index contributed by atoms with van der Waals surface area (Å²) < 4.78 is 0. The zero-order valence-electron chi connectivity index (χ0n) is 13.7. The Morgan fingerprint density at radius 1 is 1.35 bits per heavy atom. The van der Waals surface area contributed by atoms with Crippen LogP contribution in [0.15, 0.2) is 24.3 Å². The van der Waals surface area contributed by atoms with Crippen LogP contribution in [0.2, 0.25) is 5.02 Å². The number of hydrogen-bond acceptors (Lipinski definition) is 2. The van der Waals surface area contributed by atoms with E-state index in [2.05, 4.69) is 0 Å². The Morgan fingerprint density at radius 2 is 2.09 bits per heavy atom. The standard InChI is InChI=1S/C18H23ClN2O2/c1-20(2)16(22)14-6-9-21(12-14)17(23)18(7-8-18)11-13-4-3-5-15(19)10-13/h3-5,10,14H,6-9,11-12H2,1-2H3. The molecule has 2 fully saturated rings. The molecule has 3 rings (SSSR count). The van der Waals surface area contributed by atoms with Crippen molar-refractivity contribution in [1.82, 2.24) is 9.80 Å². The molecule has 0 N–H and O–H groups in total. The summed E-state index contributed by atoms with van der Waals surface area (Å²) in [5.74, 6) is 0.294. The number of hydrogen-bond donors (Lipinski definition) is 0. The number of likely N-dealkylation sites (tertiary alicyclic amines) is 1. The molecule has 0 bridgehead atoms. The first-order valence-corrected chi connectivity index (χ1v) is 8.54. The number of nitrogens with zero attached hydrogens (tertiary/aromatic N) is 2. The Balaban J connectivity index is 1.65. The van der Waals surface area contributed by atoms with Crippen LogP contribution in [0.3, 0.4) is 0 Å². The van der Waals surface area contributed by atoms with Crippen molar-refractivity contribution >= 4 is 23.4 Å². The molecule has 124 valence electrons. The van der Waals surface area contributed by atoms with Gasteiger partial charge in [0.05, 0.1) is 11.3 Å². The summed E-state index contributed by atoms with van der Waals surface area (Å²) in [6.45, 7) is 1.26. The summed E-state index contributed by atoms with van der Waals surface area (Å²) in [5, 5.41) is 0.712. The maximum atomic E-state index is 12.9. The second-order valence-electron chi connectivity index (χ2n) is 7.06. The van der Waals surface area contributed by atoms with E-state index in [0.717, 1.165) is 31.2 Å².